The van der Waals surface area contributed by atoms with Crippen molar-refractivity contribution in [1.82, 2.24) is 0 Å². The lowest BCUT2D eigenvalue weighted by molar-refractivity contribution is 1.17. The highest BCUT2D eigenvalue weighted by molar-refractivity contribution is 5.15. The van der Waals surface area contributed by atoms with Crippen molar-refractivity contribution in [1.29, 1.82) is 5.26 Å². The van der Waals surface area contributed by atoms with Crippen molar-refractivity contribution in [3.05, 3.63) is 23.4 Å². The van der Waals surface area contributed by atoms with E-state index in [1.807, 2.05) is 26.0 Å². The molecule has 0 saturated carbocycles. The summed E-state index contributed by atoms with van der Waals surface area (Å²) in [6, 6.07) is 1.97. The van der Waals surface area contributed by atoms with Gasteiger partial charge in [-0.05, 0) is 19.9 Å². The molecule has 54 valence electrons. The molecule has 0 spiro atoms. The van der Waals surface area contributed by atoms with E-state index in [2.05, 4.69) is 0 Å². The Morgan fingerprint density at radius 3 is 2.50 bits per heavy atom. The van der Waals surface area contributed by atoms with Crippen LogP contribution < -0.4 is 5.73 Å². The summed E-state index contributed by atoms with van der Waals surface area (Å²) in [5.41, 5.74) is 7.22. The summed E-state index contributed by atoms with van der Waals surface area (Å²) in [4.78, 5) is 0. The van der Waals surface area contributed by atoms with Gasteiger partial charge >= 0.3 is 0 Å². The Kier molecular flexibility index (Phi) is 4.06. The standard InChI is InChI=1S/C8H12N2/c1-7(2)3-4-8(10)5-6-9/h3-4H,5,10H2,1-2H3/b8-4+. The highest BCUT2D eigenvalue weighted by Gasteiger charge is 1.83. The van der Waals surface area contributed by atoms with Gasteiger partial charge in [0.15, 0.2) is 0 Å². The van der Waals surface area contributed by atoms with E-state index in [1.165, 1.54) is 5.57 Å². The second-order valence-electron chi connectivity index (χ2n) is 2.32. The normalized spacial score (nSPS) is 10.3. The Morgan fingerprint density at radius 2 is 2.10 bits per heavy atom. The first-order valence-electron chi connectivity index (χ1n) is 3.13. The molecule has 0 heterocycles. The molecule has 2 N–H and O–H groups in total. The van der Waals surface area contributed by atoms with Crippen molar-refractivity contribution in [2.24, 2.45) is 5.73 Å². The molecule has 0 radical (unpaired) electrons. The molecule has 0 atom stereocenters. The largest absolute Gasteiger partial charge is 0.401 e. The Bertz CT molecular complexity index is 190. The highest BCUT2D eigenvalue weighted by Crippen LogP contribution is 1.94. The molecule has 0 unspecified atom stereocenters. The zero-order valence-corrected chi connectivity index (χ0v) is 6.39. The van der Waals surface area contributed by atoms with E-state index in [1.54, 1.807) is 6.08 Å². The lowest BCUT2D eigenvalue weighted by Gasteiger charge is -1.89. The summed E-state index contributed by atoms with van der Waals surface area (Å²) >= 11 is 0. The predicted octanol–water partition coefficient (Wildman–Crippen LogP) is 1.71. The van der Waals surface area contributed by atoms with Gasteiger partial charge in [-0.1, -0.05) is 11.6 Å². The fourth-order valence-corrected chi connectivity index (χ4v) is 0.424. The van der Waals surface area contributed by atoms with E-state index in [0.717, 1.165) is 0 Å². The number of hydrogen-bond acceptors (Lipinski definition) is 2. The van der Waals surface area contributed by atoms with Crippen LogP contribution in [0.1, 0.15) is 20.3 Å². The molecule has 0 aromatic carbocycles. The van der Waals surface area contributed by atoms with Gasteiger partial charge in [-0.25, -0.2) is 0 Å². The molecule has 0 amide bonds. The van der Waals surface area contributed by atoms with Crippen molar-refractivity contribution in [3.63, 3.8) is 0 Å². The Hall–Kier alpha value is -1.23. The minimum atomic E-state index is 0.309. The van der Waals surface area contributed by atoms with Gasteiger partial charge in [0.25, 0.3) is 0 Å². The fourth-order valence-electron chi connectivity index (χ4n) is 0.424. The van der Waals surface area contributed by atoms with E-state index in [0.29, 0.717) is 12.1 Å². The third-order valence-electron chi connectivity index (χ3n) is 0.914. The van der Waals surface area contributed by atoms with Crippen molar-refractivity contribution < 1.29 is 0 Å². The van der Waals surface area contributed by atoms with Gasteiger partial charge in [-0.15, -0.1) is 0 Å². The first-order chi connectivity index (χ1) is 4.66. The Labute approximate surface area is 61.6 Å². The van der Waals surface area contributed by atoms with Crippen molar-refractivity contribution in [3.8, 4) is 6.07 Å². The molecule has 10 heavy (non-hydrogen) atoms. The van der Waals surface area contributed by atoms with Crippen LogP contribution in [0, 0.1) is 11.3 Å². The molecule has 2 nitrogen and oxygen atoms in total. The van der Waals surface area contributed by atoms with Crippen LogP contribution in [-0.2, 0) is 0 Å². The Morgan fingerprint density at radius 1 is 1.50 bits per heavy atom. The smallest absolute Gasteiger partial charge is 0.0747 e. The van der Waals surface area contributed by atoms with E-state index >= 15 is 0 Å². The second kappa shape index (κ2) is 4.63. The van der Waals surface area contributed by atoms with Gasteiger partial charge in [0.05, 0.1) is 12.5 Å². The average Bonchev–Trinajstić information content (AvgIpc) is 1.85. The summed E-state index contributed by atoms with van der Waals surface area (Å²) in [6.07, 6.45) is 3.97. The van der Waals surface area contributed by atoms with Crippen molar-refractivity contribution in [2.45, 2.75) is 20.3 Å². The van der Waals surface area contributed by atoms with Gasteiger partial charge in [-0.2, -0.15) is 5.26 Å². The van der Waals surface area contributed by atoms with Crippen LogP contribution >= 0.6 is 0 Å². The van der Waals surface area contributed by atoms with Gasteiger partial charge in [0, 0.05) is 5.70 Å². The highest BCUT2D eigenvalue weighted by atomic mass is 14.6. The van der Waals surface area contributed by atoms with Gasteiger partial charge in [0.1, 0.15) is 0 Å². The van der Waals surface area contributed by atoms with Crippen LogP contribution in [-0.4, -0.2) is 0 Å². The lowest BCUT2D eigenvalue weighted by Crippen LogP contribution is -1.93. The van der Waals surface area contributed by atoms with Gasteiger partial charge in [-0.3, -0.25) is 0 Å². The van der Waals surface area contributed by atoms with E-state index in [-0.39, 0.29) is 0 Å². The van der Waals surface area contributed by atoms with Crippen LogP contribution in [0.5, 0.6) is 0 Å². The summed E-state index contributed by atoms with van der Waals surface area (Å²) in [5, 5.41) is 8.21. The van der Waals surface area contributed by atoms with Crippen LogP contribution in [0.25, 0.3) is 0 Å². The molecule has 0 aromatic rings. The number of nitriles is 1. The second-order valence-corrected chi connectivity index (χ2v) is 2.32. The van der Waals surface area contributed by atoms with Crippen molar-refractivity contribution >= 4 is 0 Å². The first kappa shape index (κ1) is 8.77. The van der Waals surface area contributed by atoms with Crippen LogP contribution in [0.3, 0.4) is 0 Å². The maximum atomic E-state index is 8.21. The van der Waals surface area contributed by atoms with Crippen LogP contribution in [0.4, 0.5) is 0 Å². The molecule has 0 aliphatic carbocycles. The summed E-state index contributed by atoms with van der Waals surface area (Å²) < 4.78 is 0. The molecule has 2 heteroatoms. The minimum absolute atomic E-state index is 0.309. The summed E-state index contributed by atoms with van der Waals surface area (Å²) in [5.74, 6) is 0. The molecule has 0 bridgehead atoms. The van der Waals surface area contributed by atoms with Crippen molar-refractivity contribution in [2.75, 3.05) is 0 Å². The number of hydrogen-bond donors (Lipinski definition) is 1. The molecule has 0 aliphatic rings. The zero-order chi connectivity index (χ0) is 7.98. The minimum Gasteiger partial charge on any atom is -0.401 e. The third-order valence-corrected chi connectivity index (χ3v) is 0.914. The summed E-state index contributed by atoms with van der Waals surface area (Å²) in [6.45, 7) is 3.96. The predicted molar refractivity (Wildman–Crippen MR) is 41.9 cm³/mol. The SMILES string of the molecule is CC(C)=C/C=C(/N)CC#N. The molecule has 0 aliphatic heterocycles. The van der Waals surface area contributed by atoms with E-state index in [4.69, 9.17) is 11.0 Å². The number of nitrogens with two attached hydrogens (primary N) is 1. The van der Waals surface area contributed by atoms with E-state index in [9.17, 15) is 0 Å². The molecule has 0 saturated heterocycles. The maximum absolute atomic E-state index is 8.21. The average molecular weight is 136 g/mol. The number of allylic oxidation sites excluding steroid dienone is 4. The van der Waals surface area contributed by atoms with Crippen LogP contribution in [0.2, 0.25) is 0 Å². The molecular formula is C8H12N2. The topological polar surface area (TPSA) is 49.8 Å². The lowest BCUT2D eigenvalue weighted by atomic mass is 10.2. The number of rotatable bonds is 2. The monoisotopic (exact) mass is 136 g/mol. The molecular weight excluding hydrogens is 124 g/mol. The van der Waals surface area contributed by atoms with Gasteiger partial charge < -0.3 is 5.73 Å². The molecule has 0 fully saturated rings. The van der Waals surface area contributed by atoms with Gasteiger partial charge in [0.2, 0.25) is 0 Å². The third kappa shape index (κ3) is 4.92. The molecule has 0 aromatic heterocycles. The quantitative estimate of drug-likeness (QED) is 0.587. The Balaban J connectivity index is 3.95. The maximum Gasteiger partial charge on any atom is 0.0747 e. The van der Waals surface area contributed by atoms with Crippen LogP contribution in [0.15, 0.2) is 23.4 Å². The molecule has 0 rings (SSSR count). The van der Waals surface area contributed by atoms with E-state index < -0.39 is 0 Å². The summed E-state index contributed by atoms with van der Waals surface area (Å²) in [7, 11) is 0. The fraction of sp³-hybridized carbons (Fsp3) is 0.375. The first-order valence-corrected chi connectivity index (χ1v) is 3.13. The number of nitrogens with zero attached hydrogens (tertiary/aromatic N) is 1. The zero-order valence-electron chi connectivity index (χ0n) is 6.39.